The van der Waals surface area contributed by atoms with Crippen molar-refractivity contribution < 1.29 is 4.39 Å². The van der Waals surface area contributed by atoms with Gasteiger partial charge in [0.25, 0.3) is 0 Å². The Hall–Kier alpha value is -0.740. The lowest BCUT2D eigenvalue weighted by atomic mass is 10.0. The van der Waals surface area contributed by atoms with Crippen LogP contribution in [0.25, 0.3) is 0 Å². The third-order valence-corrected chi connectivity index (χ3v) is 4.24. The lowest BCUT2D eigenvalue weighted by Gasteiger charge is -2.30. The monoisotopic (exact) mass is 284 g/mol. The van der Waals surface area contributed by atoms with E-state index < -0.39 is 0 Å². The Bertz CT molecular complexity index is 398. The summed E-state index contributed by atoms with van der Waals surface area (Å²) >= 11 is 1.81. The molecule has 1 rings (SSSR count). The second kappa shape index (κ2) is 7.75. The molecule has 0 saturated heterocycles. The summed E-state index contributed by atoms with van der Waals surface area (Å²) in [6.45, 7) is 7.05. The molecule has 0 fully saturated rings. The van der Waals surface area contributed by atoms with Gasteiger partial charge in [-0.3, -0.25) is 0 Å². The van der Waals surface area contributed by atoms with Gasteiger partial charge in [-0.1, -0.05) is 13.0 Å². The fourth-order valence-electron chi connectivity index (χ4n) is 2.26. The van der Waals surface area contributed by atoms with Crippen LogP contribution in [0.3, 0.4) is 0 Å². The van der Waals surface area contributed by atoms with Crippen LogP contribution in [-0.2, 0) is 0 Å². The minimum absolute atomic E-state index is 0.0186. The maximum Gasteiger partial charge on any atom is 0.130 e. The van der Waals surface area contributed by atoms with E-state index in [2.05, 4.69) is 23.4 Å². The van der Waals surface area contributed by atoms with Crippen molar-refractivity contribution in [3.8, 4) is 0 Å². The highest BCUT2D eigenvalue weighted by Gasteiger charge is 2.19. The second-order valence-electron chi connectivity index (χ2n) is 4.87. The van der Waals surface area contributed by atoms with E-state index in [1.807, 2.05) is 38.7 Å². The lowest BCUT2D eigenvalue weighted by Crippen LogP contribution is -2.33. The van der Waals surface area contributed by atoms with E-state index in [9.17, 15) is 4.39 Å². The van der Waals surface area contributed by atoms with E-state index in [4.69, 9.17) is 0 Å². The van der Waals surface area contributed by atoms with Gasteiger partial charge in [-0.25, -0.2) is 4.39 Å². The van der Waals surface area contributed by atoms with Crippen LogP contribution < -0.4 is 10.2 Å². The van der Waals surface area contributed by atoms with Crippen LogP contribution in [0.1, 0.15) is 32.4 Å². The minimum Gasteiger partial charge on any atom is -0.371 e. The predicted octanol–water partition coefficient (Wildman–Crippen LogP) is 3.68. The van der Waals surface area contributed by atoms with Crippen LogP contribution in [0.5, 0.6) is 0 Å². The number of thioether (sulfide) groups is 1. The van der Waals surface area contributed by atoms with Gasteiger partial charge in [-0.2, -0.15) is 11.8 Å². The van der Waals surface area contributed by atoms with E-state index in [0.717, 1.165) is 23.5 Å². The molecular formula is C15H25FN2S. The van der Waals surface area contributed by atoms with Crippen molar-refractivity contribution in [1.82, 2.24) is 5.32 Å². The summed E-state index contributed by atoms with van der Waals surface area (Å²) in [5.74, 6) is 0.899. The molecule has 0 spiro atoms. The minimum atomic E-state index is -0.130. The quantitative estimate of drug-likeness (QED) is 0.822. The maximum atomic E-state index is 14.2. The zero-order chi connectivity index (χ0) is 14.4. The Balaban J connectivity index is 3.09. The normalized spacial score (nSPS) is 14.2. The van der Waals surface area contributed by atoms with Crippen LogP contribution in [0, 0.1) is 5.82 Å². The molecule has 1 aromatic rings. The Morgan fingerprint density at radius 3 is 2.63 bits per heavy atom. The molecule has 0 aliphatic carbocycles. The van der Waals surface area contributed by atoms with Crippen molar-refractivity contribution in [2.45, 2.75) is 32.9 Å². The smallest absolute Gasteiger partial charge is 0.130 e. The molecule has 0 radical (unpaired) electrons. The van der Waals surface area contributed by atoms with Gasteiger partial charge in [-0.05, 0) is 38.8 Å². The number of nitrogens with zero attached hydrogens (tertiary/aromatic N) is 1. The highest BCUT2D eigenvalue weighted by Crippen LogP contribution is 2.29. The topological polar surface area (TPSA) is 15.3 Å². The van der Waals surface area contributed by atoms with Gasteiger partial charge in [0.15, 0.2) is 0 Å². The van der Waals surface area contributed by atoms with E-state index in [-0.39, 0.29) is 11.9 Å². The first-order chi connectivity index (χ1) is 9.02. The van der Waals surface area contributed by atoms with Crippen molar-refractivity contribution in [1.29, 1.82) is 0 Å². The Labute approximate surface area is 120 Å². The van der Waals surface area contributed by atoms with Crippen LogP contribution in [0.2, 0.25) is 0 Å². The molecule has 2 nitrogen and oxygen atoms in total. The molecule has 0 aromatic heterocycles. The second-order valence-corrected chi connectivity index (χ2v) is 5.78. The molecule has 4 heteroatoms. The van der Waals surface area contributed by atoms with Gasteiger partial charge in [0.1, 0.15) is 5.82 Å². The van der Waals surface area contributed by atoms with E-state index in [1.165, 1.54) is 0 Å². The van der Waals surface area contributed by atoms with Gasteiger partial charge in [0.2, 0.25) is 0 Å². The summed E-state index contributed by atoms with van der Waals surface area (Å²) in [5, 5.41) is 3.30. The lowest BCUT2D eigenvalue weighted by molar-refractivity contribution is 0.538. The molecule has 0 heterocycles. The van der Waals surface area contributed by atoms with Crippen molar-refractivity contribution in [3.05, 3.63) is 29.6 Å². The van der Waals surface area contributed by atoms with Crippen LogP contribution in [0.4, 0.5) is 10.1 Å². The van der Waals surface area contributed by atoms with Gasteiger partial charge >= 0.3 is 0 Å². The zero-order valence-corrected chi connectivity index (χ0v) is 13.4. The number of nitrogens with one attached hydrogen (secondary N) is 1. The maximum absolute atomic E-state index is 14.2. The third kappa shape index (κ3) is 4.11. The first-order valence-corrected chi connectivity index (χ1v) is 8.15. The largest absolute Gasteiger partial charge is 0.371 e. The number of benzene rings is 1. The number of hydrogen-bond donors (Lipinski definition) is 1. The average molecular weight is 284 g/mol. The van der Waals surface area contributed by atoms with Gasteiger partial charge in [-0.15, -0.1) is 0 Å². The molecule has 2 atom stereocenters. The van der Waals surface area contributed by atoms with Gasteiger partial charge in [0.05, 0.1) is 0 Å². The van der Waals surface area contributed by atoms with Crippen LogP contribution >= 0.6 is 11.8 Å². The highest BCUT2D eigenvalue weighted by atomic mass is 32.2. The van der Waals surface area contributed by atoms with Crippen LogP contribution in [0.15, 0.2) is 18.2 Å². The summed E-state index contributed by atoms with van der Waals surface area (Å²) in [5.41, 5.74) is 1.75. The molecule has 1 N–H and O–H groups in total. The standard InChI is InChI=1S/C15H25FN2S/c1-6-17-12(3)15-13(16)8-7-9-14(15)18(4)11(2)10-19-5/h7-9,11-12,17H,6,10H2,1-5H3. The Morgan fingerprint density at radius 2 is 2.05 bits per heavy atom. The highest BCUT2D eigenvalue weighted by molar-refractivity contribution is 7.98. The van der Waals surface area contributed by atoms with E-state index in [0.29, 0.717) is 6.04 Å². The number of rotatable bonds is 7. The predicted molar refractivity (Wildman–Crippen MR) is 84.7 cm³/mol. The Kier molecular flexibility index (Phi) is 6.66. The first-order valence-electron chi connectivity index (χ1n) is 6.76. The fourth-order valence-corrected chi connectivity index (χ4v) is 2.97. The molecule has 19 heavy (non-hydrogen) atoms. The first kappa shape index (κ1) is 16.3. The molecular weight excluding hydrogens is 259 g/mol. The summed E-state index contributed by atoms with van der Waals surface area (Å²) in [4.78, 5) is 2.17. The third-order valence-electron chi connectivity index (χ3n) is 3.42. The van der Waals surface area contributed by atoms with Crippen molar-refractivity contribution in [2.24, 2.45) is 0 Å². The average Bonchev–Trinajstić information content (AvgIpc) is 2.38. The summed E-state index contributed by atoms with van der Waals surface area (Å²) in [6.07, 6.45) is 2.10. The summed E-state index contributed by atoms with van der Waals surface area (Å²) in [6, 6.07) is 5.73. The fraction of sp³-hybridized carbons (Fsp3) is 0.600. The molecule has 108 valence electrons. The molecule has 0 saturated carbocycles. The molecule has 2 unspecified atom stereocenters. The molecule has 1 aromatic carbocycles. The number of anilines is 1. The van der Waals surface area contributed by atoms with Gasteiger partial charge in [0, 0.05) is 36.1 Å². The molecule has 0 aliphatic rings. The zero-order valence-electron chi connectivity index (χ0n) is 12.5. The Morgan fingerprint density at radius 1 is 1.37 bits per heavy atom. The van der Waals surface area contributed by atoms with Crippen molar-refractivity contribution in [3.63, 3.8) is 0 Å². The number of halogens is 1. The SMILES string of the molecule is CCNC(C)c1c(F)cccc1N(C)C(C)CSC. The van der Waals surface area contributed by atoms with Gasteiger partial charge < -0.3 is 10.2 Å². The van der Waals surface area contributed by atoms with E-state index >= 15 is 0 Å². The summed E-state index contributed by atoms with van der Waals surface area (Å²) < 4.78 is 14.2. The van der Waals surface area contributed by atoms with Crippen LogP contribution in [-0.4, -0.2) is 31.6 Å². The molecule has 0 bridgehead atoms. The summed E-state index contributed by atoms with van der Waals surface area (Å²) in [7, 11) is 2.04. The number of hydrogen-bond acceptors (Lipinski definition) is 3. The van der Waals surface area contributed by atoms with E-state index in [1.54, 1.807) is 12.1 Å². The van der Waals surface area contributed by atoms with Crippen molar-refractivity contribution >= 4 is 17.4 Å². The van der Waals surface area contributed by atoms with Crippen molar-refractivity contribution in [2.75, 3.05) is 30.5 Å². The molecule has 0 amide bonds. The molecule has 0 aliphatic heterocycles.